The van der Waals surface area contributed by atoms with E-state index in [0.717, 1.165) is 6.26 Å². The maximum Gasteiger partial charge on any atom is 0.266 e. The minimum Gasteiger partial charge on any atom is -0.507 e. The van der Waals surface area contributed by atoms with Crippen molar-refractivity contribution in [2.24, 2.45) is 0 Å². The number of fused-ring (bicyclic) bond motifs is 4. The Morgan fingerprint density at radius 1 is 1.05 bits per heavy atom. The van der Waals surface area contributed by atoms with Crippen molar-refractivity contribution < 1.29 is 36.7 Å². The number of H-pyrrole nitrogens is 1. The molecule has 4 aromatic rings. The van der Waals surface area contributed by atoms with Crippen LogP contribution in [-0.2, 0) is 14.3 Å². The van der Waals surface area contributed by atoms with Crippen molar-refractivity contribution in [3.8, 4) is 23.0 Å². The second-order valence-corrected chi connectivity index (χ2v) is 11.1. The molecule has 206 valence electrons. The number of aromatic amines is 1. The van der Waals surface area contributed by atoms with Gasteiger partial charge in [0.15, 0.2) is 17.3 Å². The highest BCUT2D eigenvalue weighted by atomic mass is 32.2. The fraction of sp³-hybridized carbons (Fsp3) is 0.321. The number of hydrogen-bond donors (Lipinski definition) is 2. The van der Waals surface area contributed by atoms with Gasteiger partial charge in [0.2, 0.25) is 5.75 Å². The van der Waals surface area contributed by atoms with E-state index in [1.54, 1.807) is 24.3 Å². The van der Waals surface area contributed by atoms with Gasteiger partial charge in [0, 0.05) is 22.7 Å². The number of hydrogen-bond acceptors (Lipinski definition) is 9. The zero-order valence-corrected chi connectivity index (χ0v) is 22.9. The molecule has 0 spiro atoms. The summed E-state index contributed by atoms with van der Waals surface area (Å²) in [7, 11) is 0.857. The standard InChI is InChI=1S/C28H30N2O8S/c1-35-23-13-16-12-21(29-24(16)28(37-3)27(23)36-2)26(32)19-10-7-11-30(15-38-39(4,33)34)25-18-9-6-5-8-17(18)22(31)14-20(19)25/h5-6,8-9,12-14,19,29,31H,7,10-11,15H2,1-4H3. The third-order valence-corrected chi connectivity index (χ3v) is 7.59. The van der Waals surface area contributed by atoms with Crippen LogP contribution in [0.3, 0.4) is 0 Å². The molecule has 1 aromatic heterocycles. The SMILES string of the molecule is COc1cc2cc(C(=O)C3CCCN(COS(C)(=O)=O)c4c3cc(O)c3ccccc43)[nH]c2c(OC)c1OC. The van der Waals surface area contributed by atoms with Crippen LogP contribution in [-0.4, -0.2) is 65.2 Å². The topological polar surface area (TPSA) is 127 Å². The van der Waals surface area contributed by atoms with E-state index in [9.17, 15) is 18.3 Å². The summed E-state index contributed by atoms with van der Waals surface area (Å²) in [6.45, 7) is 0.265. The lowest BCUT2D eigenvalue weighted by atomic mass is 9.87. The van der Waals surface area contributed by atoms with E-state index in [1.165, 1.54) is 21.3 Å². The first-order valence-electron chi connectivity index (χ1n) is 12.4. The molecule has 0 radical (unpaired) electrons. The quantitative estimate of drug-likeness (QED) is 0.238. The van der Waals surface area contributed by atoms with Crippen LogP contribution in [0, 0.1) is 0 Å². The molecule has 3 aromatic carbocycles. The Labute approximate surface area is 226 Å². The molecule has 10 nitrogen and oxygen atoms in total. The van der Waals surface area contributed by atoms with E-state index in [-0.39, 0.29) is 18.3 Å². The highest BCUT2D eigenvalue weighted by Gasteiger charge is 2.33. The molecular formula is C28H30N2O8S. The van der Waals surface area contributed by atoms with Gasteiger partial charge in [0.1, 0.15) is 12.5 Å². The number of carbonyl (C=O) groups is 1. The van der Waals surface area contributed by atoms with E-state index in [2.05, 4.69) is 4.98 Å². The summed E-state index contributed by atoms with van der Waals surface area (Å²) in [6, 6.07) is 12.4. The lowest BCUT2D eigenvalue weighted by Gasteiger charge is -2.27. The van der Waals surface area contributed by atoms with E-state index in [4.69, 9.17) is 18.4 Å². The Morgan fingerprint density at radius 3 is 2.44 bits per heavy atom. The zero-order chi connectivity index (χ0) is 27.9. The number of rotatable bonds is 8. The average molecular weight is 555 g/mol. The molecule has 2 heterocycles. The van der Waals surface area contributed by atoms with Gasteiger partial charge in [-0.2, -0.15) is 8.42 Å². The molecule has 0 saturated heterocycles. The number of aromatic hydroxyl groups is 1. The van der Waals surface area contributed by atoms with Crippen molar-refractivity contribution in [1.29, 1.82) is 0 Å². The number of nitrogens with zero attached hydrogens (tertiary/aromatic N) is 1. The van der Waals surface area contributed by atoms with E-state index in [0.29, 0.717) is 75.3 Å². The highest BCUT2D eigenvalue weighted by molar-refractivity contribution is 7.85. The molecule has 0 aliphatic carbocycles. The van der Waals surface area contributed by atoms with Crippen molar-refractivity contribution in [2.45, 2.75) is 18.8 Å². The van der Waals surface area contributed by atoms with Gasteiger partial charge in [0.25, 0.3) is 10.1 Å². The normalized spacial score (nSPS) is 15.7. The van der Waals surface area contributed by atoms with Crippen LogP contribution in [0.25, 0.3) is 21.7 Å². The largest absolute Gasteiger partial charge is 0.507 e. The molecule has 11 heteroatoms. The van der Waals surface area contributed by atoms with Gasteiger partial charge in [0.05, 0.1) is 50.4 Å². The smallest absolute Gasteiger partial charge is 0.266 e. The predicted octanol–water partition coefficient (Wildman–Crippen LogP) is 4.55. The van der Waals surface area contributed by atoms with Gasteiger partial charge in [-0.25, -0.2) is 4.18 Å². The molecule has 1 atom stereocenters. The van der Waals surface area contributed by atoms with Crippen LogP contribution in [0.1, 0.15) is 34.8 Å². The van der Waals surface area contributed by atoms with Crippen molar-refractivity contribution >= 4 is 43.3 Å². The third kappa shape index (κ3) is 4.83. The van der Waals surface area contributed by atoms with Crippen LogP contribution < -0.4 is 19.1 Å². The van der Waals surface area contributed by atoms with Crippen LogP contribution in [0.15, 0.2) is 42.5 Å². The monoisotopic (exact) mass is 554 g/mol. The molecule has 1 unspecified atom stereocenters. The van der Waals surface area contributed by atoms with Crippen molar-refractivity contribution in [3.63, 3.8) is 0 Å². The molecular weight excluding hydrogens is 524 g/mol. The zero-order valence-electron chi connectivity index (χ0n) is 22.1. The number of nitrogens with one attached hydrogen (secondary N) is 1. The molecule has 1 aliphatic rings. The Balaban J connectivity index is 1.65. The van der Waals surface area contributed by atoms with Crippen LogP contribution >= 0.6 is 0 Å². The number of benzene rings is 3. The van der Waals surface area contributed by atoms with E-state index >= 15 is 0 Å². The number of aromatic nitrogens is 1. The average Bonchev–Trinajstić information content (AvgIpc) is 3.26. The first kappa shape index (κ1) is 26.6. The Kier molecular flexibility index (Phi) is 7.04. The number of phenolic OH excluding ortho intramolecular Hbond substituents is 1. The van der Waals surface area contributed by atoms with Crippen molar-refractivity contribution in [3.05, 3.63) is 53.7 Å². The highest BCUT2D eigenvalue weighted by Crippen LogP contribution is 2.46. The Bertz CT molecular complexity index is 1680. The molecule has 0 amide bonds. The van der Waals surface area contributed by atoms with Gasteiger partial charge in [-0.15, -0.1) is 0 Å². The van der Waals surface area contributed by atoms with Gasteiger partial charge in [-0.05, 0) is 36.6 Å². The second-order valence-electron chi connectivity index (χ2n) is 9.45. The van der Waals surface area contributed by atoms with Gasteiger partial charge in [-0.1, -0.05) is 24.3 Å². The van der Waals surface area contributed by atoms with Gasteiger partial charge >= 0.3 is 0 Å². The molecule has 0 fully saturated rings. The number of phenols is 1. The summed E-state index contributed by atoms with van der Waals surface area (Å²) in [5, 5.41) is 12.9. The Morgan fingerprint density at radius 2 is 1.77 bits per heavy atom. The second kappa shape index (κ2) is 10.3. The lowest BCUT2D eigenvalue weighted by molar-refractivity contribution is 0.0951. The number of Topliss-reactive ketones (excluding diaryl/α,β-unsaturated/α-hetero) is 1. The molecule has 0 bridgehead atoms. The van der Waals surface area contributed by atoms with Crippen LogP contribution in [0.5, 0.6) is 23.0 Å². The van der Waals surface area contributed by atoms with Crippen LogP contribution in [0.2, 0.25) is 0 Å². The summed E-state index contributed by atoms with van der Waals surface area (Å²) in [5.41, 5.74) is 2.23. The number of ketones is 1. The first-order chi connectivity index (χ1) is 18.7. The predicted molar refractivity (Wildman–Crippen MR) is 148 cm³/mol. The van der Waals surface area contributed by atoms with Crippen molar-refractivity contribution in [1.82, 2.24) is 4.98 Å². The number of carbonyl (C=O) groups excluding carboxylic acids is 1. The van der Waals surface area contributed by atoms with Gasteiger partial charge < -0.3 is 29.2 Å². The summed E-state index contributed by atoms with van der Waals surface area (Å²) >= 11 is 0. The lowest BCUT2D eigenvalue weighted by Crippen LogP contribution is -2.29. The van der Waals surface area contributed by atoms with E-state index in [1.807, 2.05) is 23.1 Å². The maximum absolute atomic E-state index is 14.1. The first-order valence-corrected chi connectivity index (χ1v) is 14.2. The van der Waals surface area contributed by atoms with Crippen molar-refractivity contribution in [2.75, 3.05) is 45.8 Å². The molecule has 2 N–H and O–H groups in total. The van der Waals surface area contributed by atoms with Crippen LogP contribution in [0.4, 0.5) is 5.69 Å². The number of anilines is 1. The third-order valence-electron chi connectivity index (χ3n) is 7.06. The Hall–Kier alpha value is -3.96. The fourth-order valence-electron chi connectivity index (χ4n) is 5.36. The summed E-state index contributed by atoms with van der Waals surface area (Å²) in [5.74, 6) is 0.555. The van der Waals surface area contributed by atoms with Gasteiger partial charge in [-0.3, -0.25) is 4.79 Å². The minimum absolute atomic E-state index is 0.0424. The molecule has 5 rings (SSSR count). The molecule has 0 saturated carbocycles. The number of methoxy groups -OCH3 is 3. The summed E-state index contributed by atoms with van der Waals surface area (Å²) in [6.07, 6.45) is 2.08. The maximum atomic E-state index is 14.1. The minimum atomic E-state index is -3.70. The molecule has 39 heavy (non-hydrogen) atoms. The van der Waals surface area contributed by atoms with E-state index < -0.39 is 16.0 Å². The molecule has 1 aliphatic heterocycles. The fourth-order valence-corrected chi connectivity index (χ4v) is 5.68. The summed E-state index contributed by atoms with van der Waals surface area (Å²) in [4.78, 5) is 19.1. The number of ether oxygens (including phenoxy) is 3. The summed E-state index contributed by atoms with van der Waals surface area (Å²) < 4.78 is 45.3.